The number of methoxy groups -OCH3 is 2. The molecule has 1 aliphatic rings. The Bertz CT molecular complexity index is 603. The first-order valence-electron chi connectivity index (χ1n) is 8.32. The Morgan fingerprint density at radius 1 is 1.21 bits per heavy atom. The van der Waals surface area contributed by atoms with Crippen LogP contribution in [0.5, 0.6) is 11.5 Å². The van der Waals surface area contributed by atoms with E-state index >= 15 is 0 Å². The Morgan fingerprint density at radius 3 is 2.54 bits per heavy atom. The van der Waals surface area contributed by atoms with Crippen LogP contribution in [0.15, 0.2) is 18.2 Å². The zero-order valence-corrected chi connectivity index (χ0v) is 14.8. The van der Waals surface area contributed by atoms with Gasteiger partial charge in [0, 0.05) is 6.54 Å². The van der Waals surface area contributed by atoms with E-state index in [2.05, 4.69) is 5.32 Å². The van der Waals surface area contributed by atoms with Crippen LogP contribution in [0.1, 0.15) is 32.3 Å². The van der Waals surface area contributed by atoms with Gasteiger partial charge in [-0.15, -0.1) is 0 Å². The number of nitrogens with zero attached hydrogens (tertiary/aromatic N) is 1. The molecule has 2 rings (SSSR count). The number of imide groups is 1. The molecule has 0 radical (unpaired) electrons. The topological polar surface area (TPSA) is 67.9 Å². The number of nitrogens with one attached hydrogen (secondary N) is 1. The lowest BCUT2D eigenvalue weighted by Crippen LogP contribution is -2.35. The number of urea groups is 1. The molecule has 1 saturated heterocycles. The zero-order valence-electron chi connectivity index (χ0n) is 14.8. The van der Waals surface area contributed by atoms with Crippen LogP contribution in [0.3, 0.4) is 0 Å². The molecule has 1 N–H and O–H groups in total. The average molecular weight is 334 g/mol. The summed E-state index contributed by atoms with van der Waals surface area (Å²) in [7, 11) is 3.20. The molecule has 0 spiro atoms. The zero-order chi connectivity index (χ0) is 17.7. The summed E-state index contributed by atoms with van der Waals surface area (Å²) in [6.45, 7) is 4.45. The van der Waals surface area contributed by atoms with Crippen LogP contribution in [0.25, 0.3) is 0 Å². The highest BCUT2D eigenvalue weighted by molar-refractivity contribution is 6.04. The molecule has 132 valence electrons. The summed E-state index contributed by atoms with van der Waals surface area (Å²) >= 11 is 0. The van der Waals surface area contributed by atoms with Crippen molar-refractivity contribution in [1.82, 2.24) is 10.2 Å². The van der Waals surface area contributed by atoms with Crippen LogP contribution < -0.4 is 14.8 Å². The van der Waals surface area contributed by atoms with Crippen molar-refractivity contribution < 1.29 is 19.1 Å². The van der Waals surface area contributed by atoms with Gasteiger partial charge >= 0.3 is 6.03 Å². The first-order chi connectivity index (χ1) is 11.5. The molecule has 24 heavy (non-hydrogen) atoms. The van der Waals surface area contributed by atoms with Gasteiger partial charge in [-0.1, -0.05) is 26.3 Å². The van der Waals surface area contributed by atoms with E-state index in [0.717, 1.165) is 18.4 Å². The van der Waals surface area contributed by atoms with Crippen molar-refractivity contribution in [3.8, 4) is 11.5 Å². The molecule has 0 bridgehead atoms. The molecule has 2 atom stereocenters. The van der Waals surface area contributed by atoms with Gasteiger partial charge in [0.25, 0.3) is 5.91 Å². The summed E-state index contributed by atoms with van der Waals surface area (Å²) in [6, 6.07) is 5.13. The first kappa shape index (κ1) is 18.1. The van der Waals surface area contributed by atoms with E-state index in [4.69, 9.17) is 9.47 Å². The summed E-state index contributed by atoms with van der Waals surface area (Å²) in [5.74, 6) is 1.41. The van der Waals surface area contributed by atoms with Crippen LogP contribution in [-0.4, -0.2) is 43.6 Å². The highest BCUT2D eigenvalue weighted by Crippen LogP contribution is 2.28. The number of carbonyl (C=O) groups excluding carboxylic acids is 2. The van der Waals surface area contributed by atoms with Gasteiger partial charge in [-0.25, -0.2) is 4.79 Å². The molecule has 0 aliphatic carbocycles. The molecule has 3 amide bonds. The standard InChI is InChI=1S/C18H26N2O4/c1-5-6-14-17(21)20(18(22)19-14)11-12(2)9-13-7-8-15(23-3)16(10-13)24-4/h7-8,10,12,14H,5-6,9,11H2,1-4H3,(H,19,22). The normalized spacial score (nSPS) is 18.5. The second-order valence-corrected chi connectivity index (χ2v) is 6.24. The Kier molecular flexibility index (Phi) is 6.06. The minimum absolute atomic E-state index is 0.110. The summed E-state index contributed by atoms with van der Waals surface area (Å²) in [5.41, 5.74) is 1.08. The SMILES string of the molecule is CCCC1NC(=O)N(CC(C)Cc2ccc(OC)c(OC)c2)C1=O. The van der Waals surface area contributed by atoms with Crippen molar-refractivity contribution in [3.63, 3.8) is 0 Å². The third-order valence-electron chi connectivity index (χ3n) is 4.21. The van der Waals surface area contributed by atoms with Crippen LogP contribution in [0.4, 0.5) is 4.79 Å². The van der Waals surface area contributed by atoms with E-state index in [1.54, 1.807) is 14.2 Å². The van der Waals surface area contributed by atoms with Gasteiger partial charge in [-0.3, -0.25) is 9.69 Å². The quantitative estimate of drug-likeness (QED) is 0.742. The number of ether oxygens (including phenoxy) is 2. The van der Waals surface area contributed by atoms with E-state index in [1.165, 1.54) is 4.90 Å². The number of amides is 3. The molecule has 1 heterocycles. The molecule has 1 aliphatic heterocycles. The summed E-state index contributed by atoms with van der Waals surface area (Å²) in [5, 5.41) is 2.76. The van der Waals surface area contributed by atoms with Crippen molar-refractivity contribution in [2.45, 2.75) is 39.2 Å². The van der Waals surface area contributed by atoms with Gasteiger partial charge in [0.05, 0.1) is 14.2 Å². The minimum Gasteiger partial charge on any atom is -0.493 e. The molecule has 1 aromatic rings. The third-order valence-corrected chi connectivity index (χ3v) is 4.21. The molecule has 2 unspecified atom stereocenters. The van der Waals surface area contributed by atoms with Crippen LogP contribution in [0.2, 0.25) is 0 Å². The maximum atomic E-state index is 12.3. The fourth-order valence-corrected chi connectivity index (χ4v) is 3.02. The Hall–Kier alpha value is -2.24. The number of benzene rings is 1. The molecular weight excluding hydrogens is 308 g/mol. The van der Waals surface area contributed by atoms with E-state index in [9.17, 15) is 9.59 Å². The maximum absolute atomic E-state index is 12.3. The number of hydrogen-bond donors (Lipinski definition) is 1. The van der Waals surface area contributed by atoms with E-state index in [0.29, 0.717) is 24.5 Å². The molecule has 6 heteroatoms. The molecule has 1 fully saturated rings. The molecule has 6 nitrogen and oxygen atoms in total. The van der Waals surface area contributed by atoms with Crippen molar-refractivity contribution >= 4 is 11.9 Å². The van der Waals surface area contributed by atoms with Gasteiger partial charge in [-0.2, -0.15) is 0 Å². The molecule has 0 aromatic heterocycles. The van der Waals surface area contributed by atoms with Gasteiger partial charge < -0.3 is 14.8 Å². The lowest BCUT2D eigenvalue weighted by molar-refractivity contribution is -0.128. The van der Waals surface area contributed by atoms with Crippen LogP contribution >= 0.6 is 0 Å². The maximum Gasteiger partial charge on any atom is 0.324 e. The average Bonchev–Trinajstić information content (AvgIpc) is 2.82. The number of hydrogen-bond acceptors (Lipinski definition) is 4. The minimum atomic E-state index is -0.365. The van der Waals surface area contributed by atoms with Gasteiger partial charge in [0.2, 0.25) is 0 Å². The van der Waals surface area contributed by atoms with Crippen molar-refractivity contribution in [2.75, 3.05) is 20.8 Å². The Morgan fingerprint density at radius 2 is 1.92 bits per heavy atom. The van der Waals surface area contributed by atoms with Gasteiger partial charge in [0.15, 0.2) is 11.5 Å². The summed E-state index contributed by atoms with van der Waals surface area (Å²) in [4.78, 5) is 25.6. The third kappa shape index (κ3) is 3.99. The fourth-order valence-electron chi connectivity index (χ4n) is 3.02. The summed E-state index contributed by atoms with van der Waals surface area (Å²) in [6.07, 6.45) is 2.30. The van der Waals surface area contributed by atoms with E-state index in [-0.39, 0.29) is 23.9 Å². The molecule has 1 aromatic carbocycles. The van der Waals surface area contributed by atoms with E-state index in [1.807, 2.05) is 32.0 Å². The summed E-state index contributed by atoms with van der Waals surface area (Å²) < 4.78 is 10.5. The predicted octanol–water partition coefficient (Wildman–Crippen LogP) is 2.60. The number of carbonyl (C=O) groups is 2. The first-order valence-corrected chi connectivity index (χ1v) is 8.32. The van der Waals surface area contributed by atoms with E-state index < -0.39 is 0 Å². The highest BCUT2D eigenvalue weighted by atomic mass is 16.5. The predicted molar refractivity (Wildman–Crippen MR) is 91.4 cm³/mol. The number of rotatable bonds is 8. The Balaban J connectivity index is 1.99. The molecule has 0 saturated carbocycles. The van der Waals surface area contributed by atoms with Crippen molar-refractivity contribution in [1.29, 1.82) is 0 Å². The lowest BCUT2D eigenvalue weighted by atomic mass is 10.00. The van der Waals surface area contributed by atoms with Crippen molar-refractivity contribution in [2.24, 2.45) is 5.92 Å². The Labute approximate surface area is 143 Å². The fraction of sp³-hybridized carbons (Fsp3) is 0.556. The van der Waals surface area contributed by atoms with Crippen LogP contribution in [-0.2, 0) is 11.2 Å². The van der Waals surface area contributed by atoms with Gasteiger partial charge in [0.1, 0.15) is 6.04 Å². The second kappa shape index (κ2) is 8.04. The second-order valence-electron chi connectivity index (χ2n) is 6.24. The van der Waals surface area contributed by atoms with Crippen molar-refractivity contribution in [3.05, 3.63) is 23.8 Å². The lowest BCUT2D eigenvalue weighted by Gasteiger charge is -2.19. The smallest absolute Gasteiger partial charge is 0.324 e. The van der Waals surface area contributed by atoms with Gasteiger partial charge in [-0.05, 0) is 36.5 Å². The largest absolute Gasteiger partial charge is 0.493 e. The monoisotopic (exact) mass is 334 g/mol. The highest BCUT2D eigenvalue weighted by Gasteiger charge is 2.37. The van der Waals surface area contributed by atoms with Crippen LogP contribution in [0, 0.1) is 5.92 Å². The molecular formula is C18H26N2O4.